The van der Waals surface area contributed by atoms with Gasteiger partial charge in [-0.25, -0.2) is 0 Å². The van der Waals surface area contributed by atoms with Gasteiger partial charge >= 0.3 is 5.97 Å². The summed E-state index contributed by atoms with van der Waals surface area (Å²) in [5.41, 5.74) is 4.88. The molecule has 1 rings (SSSR count). The van der Waals surface area contributed by atoms with Crippen molar-refractivity contribution in [2.45, 2.75) is 73.1 Å². The topological polar surface area (TPSA) is 80.4 Å². The average molecular weight is 285 g/mol. The Morgan fingerprint density at radius 1 is 1.25 bits per heavy atom. The lowest BCUT2D eigenvalue weighted by Crippen LogP contribution is -2.22. The van der Waals surface area contributed by atoms with Gasteiger partial charge in [0.2, 0.25) is 5.91 Å². The van der Waals surface area contributed by atoms with Crippen LogP contribution in [0.1, 0.15) is 73.1 Å². The fourth-order valence-electron chi connectivity index (χ4n) is 2.98. The van der Waals surface area contributed by atoms with Crippen molar-refractivity contribution in [3.05, 3.63) is 0 Å². The first-order chi connectivity index (χ1) is 8.96. The maximum Gasteiger partial charge on any atom is 0.303 e. The first-order valence-electron chi connectivity index (χ1n) is 7.44. The van der Waals surface area contributed by atoms with E-state index in [-0.39, 0.29) is 11.3 Å². The Kier molecular flexibility index (Phi) is 7.25. The number of hydrogen-bond donors (Lipinski definition) is 2. The van der Waals surface area contributed by atoms with Crippen molar-refractivity contribution in [3.63, 3.8) is 0 Å². The second-order valence-electron chi connectivity index (χ2n) is 7.49. The molecule has 0 aromatic rings. The molecule has 0 aromatic carbocycles. The fraction of sp³-hybridized carbons (Fsp3) is 0.875. The van der Waals surface area contributed by atoms with E-state index in [2.05, 4.69) is 33.4 Å². The Morgan fingerprint density at radius 3 is 2.15 bits per heavy atom. The van der Waals surface area contributed by atoms with Crippen LogP contribution in [0, 0.1) is 16.7 Å². The molecule has 0 saturated heterocycles. The smallest absolute Gasteiger partial charge is 0.303 e. The van der Waals surface area contributed by atoms with Gasteiger partial charge in [-0.05, 0) is 42.4 Å². The van der Waals surface area contributed by atoms with Crippen LogP contribution >= 0.6 is 0 Å². The highest BCUT2D eigenvalue weighted by atomic mass is 16.4. The highest BCUT2D eigenvalue weighted by Gasteiger charge is 2.34. The molecule has 2 unspecified atom stereocenters. The number of carboxylic acid groups (broad SMARTS) is 1. The lowest BCUT2D eigenvalue weighted by molar-refractivity contribution is -0.139. The second kappa shape index (κ2) is 7.65. The van der Waals surface area contributed by atoms with E-state index in [1.54, 1.807) is 0 Å². The Hall–Kier alpha value is -1.06. The minimum atomic E-state index is -0.642. The molecule has 1 fully saturated rings. The number of carboxylic acids is 1. The largest absolute Gasteiger partial charge is 0.481 e. The SMILES string of the molecule is CC(N)=O.CC1(CC(=O)O)CCCC(C(C)(C)C)CC1. The van der Waals surface area contributed by atoms with Crippen molar-refractivity contribution in [3.8, 4) is 0 Å². The quantitative estimate of drug-likeness (QED) is 0.761. The standard InChI is InChI=1S/C14H26O2.C2H5NO/c1-13(2,3)11-6-5-8-14(4,9-7-11)10-12(15)16;1-2(3)4/h11H,5-10H2,1-4H3,(H,15,16);1H3,(H2,3,4). The predicted molar refractivity (Wildman–Crippen MR) is 81.3 cm³/mol. The van der Waals surface area contributed by atoms with Gasteiger partial charge in [0.15, 0.2) is 0 Å². The molecule has 0 bridgehead atoms. The molecule has 1 amide bonds. The molecule has 1 aliphatic rings. The van der Waals surface area contributed by atoms with Crippen molar-refractivity contribution in [1.29, 1.82) is 0 Å². The molecule has 20 heavy (non-hydrogen) atoms. The summed E-state index contributed by atoms with van der Waals surface area (Å²) in [7, 11) is 0. The maximum atomic E-state index is 10.9. The van der Waals surface area contributed by atoms with Gasteiger partial charge in [0.1, 0.15) is 0 Å². The number of hydrogen-bond acceptors (Lipinski definition) is 2. The molecule has 4 nitrogen and oxygen atoms in total. The van der Waals surface area contributed by atoms with Gasteiger partial charge in [0, 0.05) is 6.92 Å². The lowest BCUT2D eigenvalue weighted by Gasteiger charge is -2.31. The molecule has 0 radical (unpaired) electrons. The van der Waals surface area contributed by atoms with Crippen LogP contribution in [-0.2, 0) is 9.59 Å². The molecule has 4 heteroatoms. The highest BCUT2D eigenvalue weighted by Crippen LogP contribution is 2.44. The van der Waals surface area contributed by atoms with Gasteiger partial charge in [-0.1, -0.05) is 34.1 Å². The van der Waals surface area contributed by atoms with E-state index in [0.717, 1.165) is 18.8 Å². The molecule has 1 saturated carbocycles. The Bertz CT molecular complexity index is 329. The maximum absolute atomic E-state index is 10.9. The van der Waals surface area contributed by atoms with Gasteiger partial charge < -0.3 is 10.8 Å². The van der Waals surface area contributed by atoms with Crippen molar-refractivity contribution >= 4 is 11.9 Å². The normalized spacial score (nSPS) is 26.9. The minimum absolute atomic E-state index is 0.0336. The van der Waals surface area contributed by atoms with E-state index < -0.39 is 5.97 Å². The molecular formula is C16H31NO3. The van der Waals surface area contributed by atoms with E-state index in [1.165, 1.54) is 26.2 Å². The van der Waals surface area contributed by atoms with Crippen LogP contribution in [0.2, 0.25) is 0 Å². The van der Waals surface area contributed by atoms with Gasteiger partial charge in [-0.15, -0.1) is 0 Å². The van der Waals surface area contributed by atoms with E-state index in [4.69, 9.17) is 5.11 Å². The number of carbonyl (C=O) groups excluding carboxylic acids is 1. The fourth-order valence-corrected chi connectivity index (χ4v) is 2.98. The number of primary amides is 1. The molecule has 0 spiro atoms. The van der Waals surface area contributed by atoms with Crippen molar-refractivity contribution in [2.75, 3.05) is 0 Å². The number of carbonyl (C=O) groups is 2. The number of nitrogens with two attached hydrogens (primary N) is 1. The Morgan fingerprint density at radius 2 is 1.75 bits per heavy atom. The molecule has 0 aromatic heterocycles. The first-order valence-corrected chi connectivity index (χ1v) is 7.44. The lowest BCUT2D eigenvalue weighted by atomic mass is 9.75. The van der Waals surface area contributed by atoms with Crippen molar-refractivity contribution in [1.82, 2.24) is 0 Å². The first kappa shape index (κ1) is 18.9. The molecule has 1 aliphatic carbocycles. The minimum Gasteiger partial charge on any atom is -0.481 e. The monoisotopic (exact) mass is 285 g/mol. The summed E-state index contributed by atoms with van der Waals surface area (Å²) in [6.45, 7) is 10.4. The van der Waals surface area contributed by atoms with E-state index >= 15 is 0 Å². The molecule has 0 aliphatic heterocycles. The van der Waals surface area contributed by atoms with Crippen LogP contribution in [0.4, 0.5) is 0 Å². The Labute approximate surface area is 123 Å². The molecule has 118 valence electrons. The zero-order chi connectivity index (χ0) is 16.0. The van der Waals surface area contributed by atoms with Gasteiger partial charge in [-0.2, -0.15) is 0 Å². The predicted octanol–water partition coefficient (Wildman–Crippen LogP) is 3.59. The number of aliphatic carboxylic acids is 1. The number of rotatable bonds is 2. The van der Waals surface area contributed by atoms with Gasteiger partial charge in [-0.3, -0.25) is 9.59 Å². The second-order valence-corrected chi connectivity index (χ2v) is 7.49. The third kappa shape index (κ3) is 8.18. The van der Waals surface area contributed by atoms with E-state index in [0.29, 0.717) is 11.8 Å². The molecule has 0 heterocycles. The summed E-state index contributed by atoms with van der Waals surface area (Å²) in [5.74, 6) is -0.222. The Balaban J connectivity index is 0.000000796. The van der Waals surface area contributed by atoms with Crippen LogP contribution in [0.25, 0.3) is 0 Å². The van der Waals surface area contributed by atoms with Crippen LogP contribution in [0.5, 0.6) is 0 Å². The third-order valence-electron chi connectivity index (χ3n) is 4.23. The summed E-state index contributed by atoms with van der Waals surface area (Å²) < 4.78 is 0. The van der Waals surface area contributed by atoms with Crippen LogP contribution in [0.3, 0.4) is 0 Å². The van der Waals surface area contributed by atoms with E-state index in [9.17, 15) is 9.59 Å². The van der Waals surface area contributed by atoms with Crippen molar-refractivity contribution in [2.24, 2.45) is 22.5 Å². The molecule has 2 atom stereocenters. The summed E-state index contributed by atoms with van der Waals surface area (Å²) in [6.07, 6.45) is 6.12. The summed E-state index contributed by atoms with van der Waals surface area (Å²) in [6, 6.07) is 0. The van der Waals surface area contributed by atoms with Crippen LogP contribution < -0.4 is 5.73 Å². The summed E-state index contributed by atoms with van der Waals surface area (Å²) >= 11 is 0. The van der Waals surface area contributed by atoms with Crippen molar-refractivity contribution < 1.29 is 14.7 Å². The average Bonchev–Trinajstić information content (AvgIpc) is 2.37. The van der Waals surface area contributed by atoms with Crippen LogP contribution in [-0.4, -0.2) is 17.0 Å². The molecular weight excluding hydrogens is 254 g/mol. The highest BCUT2D eigenvalue weighted by molar-refractivity contribution is 5.70. The van der Waals surface area contributed by atoms with Gasteiger partial charge in [0.05, 0.1) is 6.42 Å². The third-order valence-corrected chi connectivity index (χ3v) is 4.23. The number of amides is 1. The molecule has 3 N–H and O–H groups in total. The summed E-state index contributed by atoms with van der Waals surface area (Å²) in [4.78, 5) is 20.1. The zero-order valence-electron chi connectivity index (χ0n) is 13.7. The van der Waals surface area contributed by atoms with Gasteiger partial charge in [0.25, 0.3) is 0 Å². The van der Waals surface area contributed by atoms with Crippen LogP contribution in [0.15, 0.2) is 0 Å². The van der Waals surface area contributed by atoms with E-state index in [1.807, 2.05) is 0 Å². The zero-order valence-corrected chi connectivity index (χ0v) is 13.7. The summed E-state index contributed by atoms with van der Waals surface area (Å²) in [5, 5.41) is 8.95.